The SMILES string of the molecule is CCOC(=O)C1=C(C(=O)OCC)C2CCC1CC2. The molecule has 0 aliphatic heterocycles. The molecule has 100 valence electrons. The van der Waals surface area contributed by atoms with E-state index in [1.807, 2.05) is 0 Å². The third-order valence-electron chi connectivity index (χ3n) is 3.82. The van der Waals surface area contributed by atoms with Gasteiger partial charge in [0.05, 0.1) is 24.4 Å². The van der Waals surface area contributed by atoms with Crippen molar-refractivity contribution in [3.8, 4) is 0 Å². The molecule has 3 aliphatic carbocycles. The van der Waals surface area contributed by atoms with E-state index in [1.54, 1.807) is 13.8 Å². The van der Waals surface area contributed by atoms with Crippen molar-refractivity contribution in [2.75, 3.05) is 13.2 Å². The van der Waals surface area contributed by atoms with Gasteiger partial charge < -0.3 is 9.47 Å². The number of ether oxygens (including phenoxy) is 2. The molecule has 0 spiro atoms. The highest BCUT2D eigenvalue weighted by Gasteiger charge is 2.42. The van der Waals surface area contributed by atoms with Crippen LogP contribution in [0.3, 0.4) is 0 Å². The first-order valence-corrected chi connectivity index (χ1v) is 6.77. The fourth-order valence-corrected chi connectivity index (χ4v) is 3.08. The maximum Gasteiger partial charge on any atom is 0.334 e. The highest BCUT2D eigenvalue weighted by Crippen LogP contribution is 2.46. The first-order valence-electron chi connectivity index (χ1n) is 6.77. The van der Waals surface area contributed by atoms with Gasteiger partial charge in [-0.25, -0.2) is 9.59 Å². The molecule has 0 aromatic heterocycles. The van der Waals surface area contributed by atoms with E-state index in [0.717, 1.165) is 25.7 Å². The van der Waals surface area contributed by atoms with E-state index in [-0.39, 0.29) is 23.8 Å². The van der Waals surface area contributed by atoms with E-state index in [9.17, 15) is 9.59 Å². The maximum atomic E-state index is 12.0. The standard InChI is InChI=1S/C14H20O4/c1-3-17-13(15)11-9-5-7-10(8-6-9)12(11)14(16)18-4-2/h9-10H,3-8H2,1-2H3. The van der Waals surface area contributed by atoms with E-state index in [0.29, 0.717) is 24.4 Å². The molecular formula is C14H20O4. The van der Waals surface area contributed by atoms with Gasteiger partial charge >= 0.3 is 11.9 Å². The van der Waals surface area contributed by atoms with E-state index >= 15 is 0 Å². The highest BCUT2D eigenvalue weighted by atomic mass is 16.5. The van der Waals surface area contributed by atoms with Crippen LogP contribution in [0, 0.1) is 11.8 Å². The fraction of sp³-hybridized carbons (Fsp3) is 0.714. The van der Waals surface area contributed by atoms with Crippen molar-refractivity contribution in [3.05, 3.63) is 11.1 Å². The number of carbonyl (C=O) groups is 2. The van der Waals surface area contributed by atoms with Gasteiger partial charge in [-0.05, 0) is 51.4 Å². The van der Waals surface area contributed by atoms with Crippen LogP contribution in [-0.2, 0) is 19.1 Å². The molecule has 1 fully saturated rings. The van der Waals surface area contributed by atoms with Crippen molar-refractivity contribution in [1.82, 2.24) is 0 Å². The Hall–Kier alpha value is -1.32. The van der Waals surface area contributed by atoms with Crippen molar-refractivity contribution >= 4 is 11.9 Å². The highest BCUT2D eigenvalue weighted by molar-refractivity contribution is 6.01. The molecule has 0 N–H and O–H groups in total. The zero-order valence-electron chi connectivity index (χ0n) is 11.0. The predicted octanol–water partition coefficient (Wildman–Crippen LogP) is 2.23. The molecule has 0 aromatic carbocycles. The van der Waals surface area contributed by atoms with Crippen LogP contribution >= 0.6 is 0 Å². The van der Waals surface area contributed by atoms with Crippen LogP contribution in [0.1, 0.15) is 39.5 Å². The minimum absolute atomic E-state index is 0.188. The summed E-state index contributed by atoms with van der Waals surface area (Å²) in [5.74, 6) is -0.271. The minimum Gasteiger partial charge on any atom is -0.463 e. The molecule has 4 nitrogen and oxygen atoms in total. The Kier molecular flexibility index (Phi) is 4.04. The number of rotatable bonds is 4. The van der Waals surface area contributed by atoms with Crippen LogP contribution in [0.4, 0.5) is 0 Å². The Labute approximate surface area is 107 Å². The molecule has 1 saturated carbocycles. The van der Waals surface area contributed by atoms with Gasteiger partial charge in [0, 0.05) is 0 Å². The Morgan fingerprint density at radius 1 is 0.889 bits per heavy atom. The molecule has 0 heterocycles. The van der Waals surface area contributed by atoms with Gasteiger partial charge in [0.25, 0.3) is 0 Å². The van der Waals surface area contributed by atoms with Crippen molar-refractivity contribution in [3.63, 3.8) is 0 Å². The fourth-order valence-electron chi connectivity index (χ4n) is 3.08. The van der Waals surface area contributed by atoms with Gasteiger partial charge in [-0.15, -0.1) is 0 Å². The van der Waals surface area contributed by atoms with Crippen molar-refractivity contribution in [2.24, 2.45) is 11.8 Å². The Balaban J connectivity index is 2.34. The van der Waals surface area contributed by atoms with E-state index in [1.165, 1.54) is 0 Å². The monoisotopic (exact) mass is 252 g/mol. The van der Waals surface area contributed by atoms with E-state index in [4.69, 9.17) is 9.47 Å². The van der Waals surface area contributed by atoms with E-state index in [2.05, 4.69) is 0 Å². The number of esters is 2. The molecule has 0 saturated heterocycles. The minimum atomic E-state index is -0.324. The van der Waals surface area contributed by atoms with Gasteiger partial charge in [0.1, 0.15) is 0 Å². The first-order chi connectivity index (χ1) is 8.69. The third kappa shape index (κ3) is 2.28. The molecule has 2 bridgehead atoms. The predicted molar refractivity (Wildman–Crippen MR) is 65.7 cm³/mol. The molecule has 0 radical (unpaired) electrons. The van der Waals surface area contributed by atoms with Crippen LogP contribution in [0.25, 0.3) is 0 Å². The average Bonchev–Trinajstić information content (AvgIpc) is 2.39. The number of carbonyl (C=O) groups excluding carboxylic acids is 2. The van der Waals surface area contributed by atoms with Gasteiger partial charge in [-0.1, -0.05) is 0 Å². The summed E-state index contributed by atoms with van der Waals surface area (Å²) in [6.07, 6.45) is 3.95. The Morgan fingerprint density at radius 3 is 1.50 bits per heavy atom. The summed E-state index contributed by atoms with van der Waals surface area (Å²) in [5.41, 5.74) is 1.19. The zero-order chi connectivity index (χ0) is 13.1. The molecule has 18 heavy (non-hydrogen) atoms. The maximum absolute atomic E-state index is 12.0. The van der Waals surface area contributed by atoms with Crippen LogP contribution in [0.2, 0.25) is 0 Å². The first kappa shape index (κ1) is 13.1. The Bertz CT molecular complexity index is 339. The lowest BCUT2D eigenvalue weighted by atomic mass is 9.67. The lowest BCUT2D eigenvalue weighted by molar-refractivity contribution is -0.144. The molecule has 0 aromatic rings. The zero-order valence-corrected chi connectivity index (χ0v) is 11.0. The lowest BCUT2D eigenvalue weighted by Crippen LogP contribution is -2.34. The summed E-state index contributed by atoms with van der Waals surface area (Å²) in [4.78, 5) is 24.0. The molecular weight excluding hydrogens is 232 g/mol. The second kappa shape index (κ2) is 5.55. The van der Waals surface area contributed by atoms with Crippen LogP contribution in [0.15, 0.2) is 11.1 Å². The van der Waals surface area contributed by atoms with Gasteiger partial charge in [-0.2, -0.15) is 0 Å². The molecule has 3 rings (SSSR count). The number of hydrogen-bond donors (Lipinski definition) is 0. The Morgan fingerprint density at radius 2 is 1.22 bits per heavy atom. The normalized spacial score (nSPS) is 26.1. The number of fused-ring (bicyclic) bond motifs is 2. The summed E-state index contributed by atoms with van der Waals surface area (Å²) in [6.45, 7) is 4.25. The second-order valence-corrected chi connectivity index (χ2v) is 4.82. The molecule has 0 amide bonds. The topological polar surface area (TPSA) is 52.6 Å². The molecule has 0 atom stereocenters. The molecule has 3 aliphatic rings. The summed E-state index contributed by atoms with van der Waals surface area (Å²) >= 11 is 0. The van der Waals surface area contributed by atoms with Gasteiger partial charge in [0.15, 0.2) is 0 Å². The van der Waals surface area contributed by atoms with E-state index < -0.39 is 0 Å². The van der Waals surface area contributed by atoms with Crippen LogP contribution in [-0.4, -0.2) is 25.2 Å². The lowest BCUT2D eigenvalue weighted by Gasteiger charge is -2.37. The summed E-state index contributed by atoms with van der Waals surface area (Å²) in [5, 5.41) is 0. The molecule has 0 unspecified atom stereocenters. The quantitative estimate of drug-likeness (QED) is 0.720. The summed E-state index contributed by atoms with van der Waals surface area (Å²) in [6, 6.07) is 0. The van der Waals surface area contributed by atoms with Crippen molar-refractivity contribution in [1.29, 1.82) is 0 Å². The third-order valence-corrected chi connectivity index (χ3v) is 3.82. The molecule has 4 heteroatoms. The van der Waals surface area contributed by atoms with Crippen LogP contribution in [0.5, 0.6) is 0 Å². The smallest absolute Gasteiger partial charge is 0.334 e. The summed E-state index contributed by atoms with van der Waals surface area (Å²) in [7, 11) is 0. The van der Waals surface area contributed by atoms with Crippen molar-refractivity contribution in [2.45, 2.75) is 39.5 Å². The largest absolute Gasteiger partial charge is 0.463 e. The van der Waals surface area contributed by atoms with Crippen molar-refractivity contribution < 1.29 is 19.1 Å². The van der Waals surface area contributed by atoms with Gasteiger partial charge in [-0.3, -0.25) is 0 Å². The van der Waals surface area contributed by atoms with Gasteiger partial charge in [0.2, 0.25) is 0 Å². The number of hydrogen-bond acceptors (Lipinski definition) is 4. The second-order valence-electron chi connectivity index (χ2n) is 4.82. The van der Waals surface area contributed by atoms with Crippen LogP contribution < -0.4 is 0 Å². The summed E-state index contributed by atoms with van der Waals surface area (Å²) < 4.78 is 10.2. The average molecular weight is 252 g/mol.